The van der Waals surface area contributed by atoms with Gasteiger partial charge in [-0.3, -0.25) is 4.79 Å². The van der Waals surface area contributed by atoms with Gasteiger partial charge in [-0.25, -0.2) is 8.42 Å². The Morgan fingerprint density at radius 2 is 1.52 bits per heavy atom. The summed E-state index contributed by atoms with van der Waals surface area (Å²) in [6.45, 7) is 12.0. The molecule has 2 aliphatic rings. The first-order chi connectivity index (χ1) is 15.7. The molecule has 1 amide bonds. The van der Waals surface area contributed by atoms with Gasteiger partial charge in [0.25, 0.3) is 0 Å². The second-order valence-electron chi connectivity index (χ2n) is 9.48. The molecule has 2 saturated heterocycles. The van der Waals surface area contributed by atoms with Crippen LogP contribution in [0.5, 0.6) is 0 Å². The van der Waals surface area contributed by atoms with Crippen LogP contribution in [0.2, 0.25) is 0 Å². The first-order valence-electron chi connectivity index (χ1n) is 11.9. The lowest BCUT2D eigenvalue weighted by Gasteiger charge is -2.39. The Kier molecular flexibility index (Phi) is 6.82. The molecule has 178 valence electrons. The molecule has 0 bridgehead atoms. The molecular weight excluding hydrogens is 434 g/mol. The second kappa shape index (κ2) is 9.47. The van der Waals surface area contributed by atoms with Crippen LogP contribution in [-0.2, 0) is 14.8 Å². The van der Waals surface area contributed by atoms with Crippen molar-refractivity contribution in [1.29, 1.82) is 0 Å². The minimum absolute atomic E-state index is 0.0946. The topological polar surface area (TPSA) is 60.9 Å². The van der Waals surface area contributed by atoms with E-state index in [2.05, 4.69) is 36.9 Å². The molecule has 0 spiro atoms. The van der Waals surface area contributed by atoms with Gasteiger partial charge in [-0.15, -0.1) is 0 Å². The molecule has 0 aliphatic carbocycles. The molecular formula is C26H35N3O3S. The minimum Gasteiger partial charge on any atom is -0.368 e. The smallest absolute Gasteiger partial charge is 0.243 e. The summed E-state index contributed by atoms with van der Waals surface area (Å²) in [5, 5.41) is 0. The highest BCUT2D eigenvalue weighted by molar-refractivity contribution is 7.89. The molecule has 2 aromatic carbocycles. The van der Waals surface area contributed by atoms with E-state index < -0.39 is 10.0 Å². The standard InChI is InChI=1S/C26H35N3O3S/c1-19-8-9-25(21(3)18-19)33(31,32)29-12-10-23(11-13-29)26(30)28-16-14-27(15-17-28)24-7-5-6-20(2)22(24)4/h5-9,18,23H,10-17H2,1-4H3. The summed E-state index contributed by atoms with van der Waals surface area (Å²) in [6, 6.07) is 11.8. The van der Waals surface area contributed by atoms with Crippen molar-refractivity contribution < 1.29 is 13.2 Å². The van der Waals surface area contributed by atoms with E-state index in [0.717, 1.165) is 24.2 Å². The molecule has 6 nitrogen and oxygen atoms in total. The molecule has 0 radical (unpaired) electrons. The third-order valence-electron chi connectivity index (χ3n) is 7.26. The number of hydrogen-bond donors (Lipinski definition) is 0. The number of piperazine rings is 1. The van der Waals surface area contributed by atoms with Gasteiger partial charge < -0.3 is 9.80 Å². The monoisotopic (exact) mass is 469 g/mol. The highest BCUT2D eigenvalue weighted by Crippen LogP contribution is 2.28. The van der Waals surface area contributed by atoms with E-state index in [0.29, 0.717) is 43.9 Å². The summed E-state index contributed by atoms with van der Waals surface area (Å²) in [5.74, 6) is 0.0852. The fourth-order valence-electron chi connectivity index (χ4n) is 5.08. The summed E-state index contributed by atoms with van der Waals surface area (Å²) < 4.78 is 27.8. The molecule has 0 atom stereocenters. The first-order valence-corrected chi connectivity index (χ1v) is 13.3. The summed E-state index contributed by atoms with van der Waals surface area (Å²) in [6.07, 6.45) is 1.17. The van der Waals surface area contributed by atoms with Crippen molar-refractivity contribution in [2.45, 2.75) is 45.4 Å². The van der Waals surface area contributed by atoms with Crippen molar-refractivity contribution in [3.8, 4) is 0 Å². The molecule has 0 N–H and O–H groups in total. The fraction of sp³-hybridized carbons (Fsp3) is 0.500. The number of carbonyl (C=O) groups excluding carboxylic acids is 1. The van der Waals surface area contributed by atoms with Gasteiger partial charge >= 0.3 is 0 Å². The van der Waals surface area contributed by atoms with Gasteiger partial charge in [-0.2, -0.15) is 4.31 Å². The van der Waals surface area contributed by atoms with Crippen molar-refractivity contribution in [3.63, 3.8) is 0 Å². The predicted molar refractivity (Wildman–Crippen MR) is 132 cm³/mol. The van der Waals surface area contributed by atoms with Gasteiger partial charge in [0, 0.05) is 50.9 Å². The lowest BCUT2D eigenvalue weighted by Crippen LogP contribution is -2.52. The molecule has 7 heteroatoms. The van der Waals surface area contributed by atoms with Crippen LogP contribution in [0.3, 0.4) is 0 Å². The number of carbonyl (C=O) groups is 1. The lowest BCUT2D eigenvalue weighted by molar-refractivity contribution is -0.137. The Hall–Kier alpha value is -2.38. The van der Waals surface area contributed by atoms with Gasteiger partial charge in [0.2, 0.25) is 15.9 Å². The average molecular weight is 470 g/mol. The van der Waals surface area contributed by atoms with Gasteiger partial charge in [-0.1, -0.05) is 29.8 Å². The molecule has 2 aliphatic heterocycles. The number of anilines is 1. The van der Waals surface area contributed by atoms with Crippen LogP contribution in [0.25, 0.3) is 0 Å². The largest absolute Gasteiger partial charge is 0.368 e. The number of piperidine rings is 1. The van der Waals surface area contributed by atoms with Gasteiger partial charge in [0.05, 0.1) is 4.90 Å². The number of aryl methyl sites for hydroxylation is 3. The quantitative estimate of drug-likeness (QED) is 0.686. The Bertz CT molecular complexity index is 1130. The van der Waals surface area contributed by atoms with Gasteiger partial charge in [-0.05, 0) is 69.4 Å². The first kappa shape index (κ1) is 23.8. The number of sulfonamides is 1. The van der Waals surface area contributed by atoms with E-state index in [1.54, 1.807) is 10.4 Å². The molecule has 0 aromatic heterocycles. The van der Waals surface area contributed by atoms with E-state index in [1.165, 1.54) is 16.8 Å². The minimum atomic E-state index is -3.53. The van der Waals surface area contributed by atoms with Crippen LogP contribution < -0.4 is 4.90 Å². The highest BCUT2D eigenvalue weighted by atomic mass is 32.2. The maximum atomic E-state index is 13.2. The molecule has 4 rings (SSSR count). The van der Waals surface area contributed by atoms with Gasteiger partial charge in [0.1, 0.15) is 0 Å². The zero-order valence-corrected chi connectivity index (χ0v) is 21.0. The van der Waals surface area contributed by atoms with Crippen molar-refractivity contribution in [1.82, 2.24) is 9.21 Å². The van der Waals surface area contributed by atoms with Crippen LogP contribution in [-0.4, -0.2) is 62.8 Å². The Labute approximate surface area is 198 Å². The molecule has 2 heterocycles. The average Bonchev–Trinajstić information content (AvgIpc) is 2.80. The van der Waals surface area contributed by atoms with Crippen molar-refractivity contribution in [2.24, 2.45) is 5.92 Å². The molecule has 0 unspecified atom stereocenters. The number of amides is 1. The summed E-state index contributed by atoms with van der Waals surface area (Å²) in [7, 11) is -3.53. The molecule has 2 aromatic rings. The number of nitrogens with zero attached hydrogens (tertiary/aromatic N) is 3. The fourth-order valence-corrected chi connectivity index (χ4v) is 6.75. The maximum Gasteiger partial charge on any atom is 0.243 e. The van der Waals surface area contributed by atoms with E-state index in [-0.39, 0.29) is 11.8 Å². The Morgan fingerprint density at radius 3 is 2.15 bits per heavy atom. The summed E-state index contributed by atoms with van der Waals surface area (Å²) >= 11 is 0. The van der Waals surface area contributed by atoms with Gasteiger partial charge in [0.15, 0.2) is 0 Å². The SMILES string of the molecule is Cc1ccc(S(=O)(=O)N2CCC(C(=O)N3CCN(c4cccc(C)c4C)CC3)CC2)c(C)c1. The molecule has 2 fully saturated rings. The molecule has 0 saturated carbocycles. The second-order valence-corrected chi connectivity index (χ2v) is 11.4. The summed E-state index contributed by atoms with van der Waals surface area (Å²) in [4.78, 5) is 17.9. The number of hydrogen-bond acceptors (Lipinski definition) is 4. The third kappa shape index (κ3) is 4.80. The van der Waals surface area contributed by atoms with Crippen LogP contribution in [0.1, 0.15) is 35.1 Å². The highest BCUT2D eigenvalue weighted by Gasteiger charge is 2.35. The van der Waals surface area contributed by atoms with Crippen LogP contribution in [0, 0.1) is 33.6 Å². The maximum absolute atomic E-state index is 13.2. The Balaban J connectivity index is 1.34. The lowest BCUT2D eigenvalue weighted by atomic mass is 9.96. The zero-order chi connectivity index (χ0) is 23.8. The number of benzene rings is 2. The van der Waals surface area contributed by atoms with Crippen molar-refractivity contribution >= 4 is 21.6 Å². The molecule has 33 heavy (non-hydrogen) atoms. The van der Waals surface area contributed by atoms with Crippen LogP contribution in [0.15, 0.2) is 41.3 Å². The summed E-state index contributed by atoms with van der Waals surface area (Å²) in [5.41, 5.74) is 5.67. The van der Waals surface area contributed by atoms with E-state index in [1.807, 2.05) is 30.9 Å². The number of rotatable bonds is 4. The van der Waals surface area contributed by atoms with Crippen molar-refractivity contribution in [3.05, 3.63) is 58.7 Å². The van der Waals surface area contributed by atoms with Crippen molar-refractivity contribution in [2.75, 3.05) is 44.2 Å². The van der Waals surface area contributed by atoms with E-state index in [4.69, 9.17) is 0 Å². The Morgan fingerprint density at radius 1 is 0.848 bits per heavy atom. The van der Waals surface area contributed by atoms with Crippen LogP contribution in [0.4, 0.5) is 5.69 Å². The predicted octanol–water partition coefficient (Wildman–Crippen LogP) is 3.67. The van der Waals surface area contributed by atoms with Crippen LogP contribution >= 0.6 is 0 Å². The van der Waals surface area contributed by atoms with E-state index >= 15 is 0 Å². The third-order valence-corrected chi connectivity index (χ3v) is 9.32. The van der Waals surface area contributed by atoms with E-state index in [9.17, 15) is 13.2 Å². The normalized spacial score (nSPS) is 18.5. The zero-order valence-electron chi connectivity index (χ0n) is 20.2.